The molecule has 0 radical (unpaired) electrons. The third-order valence-electron chi connectivity index (χ3n) is 3.30. The van der Waals surface area contributed by atoms with Crippen molar-refractivity contribution >= 4 is 39.9 Å². The molecule has 1 aromatic carbocycles. The summed E-state index contributed by atoms with van der Waals surface area (Å²) in [5.74, 6) is 0. The lowest BCUT2D eigenvalue weighted by molar-refractivity contribution is 0.157. The van der Waals surface area contributed by atoms with Gasteiger partial charge >= 0.3 is 0 Å². The van der Waals surface area contributed by atoms with E-state index in [1.54, 1.807) is 0 Å². The third-order valence-corrected chi connectivity index (χ3v) is 4.52. The maximum Gasteiger partial charge on any atom is 0.0912 e. The largest absolute Gasteiger partial charge is 0.314 e. The fraction of sp³-hybridized carbons (Fsp3) is 0.538. The molecule has 0 amide bonds. The van der Waals surface area contributed by atoms with E-state index in [9.17, 15) is 4.39 Å². The molecule has 0 saturated carbocycles. The van der Waals surface area contributed by atoms with Gasteiger partial charge in [-0.3, -0.25) is 9.29 Å². The zero-order valence-electron chi connectivity index (χ0n) is 10.5. The number of nitrogens with zero attached hydrogens (tertiary/aromatic N) is 1. The topological polar surface area (TPSA) is 15.3 Å². The Bertz CT molecular complexity index is 400. The van der Waals surface area contributed by atoms with Gasteiger partial charge in [-0.2, -0.15) is 0 Å². The molecule has 0 bridgehead atoms. The van der Waals surface area contributed by atoms with E-state index < -0.39 is 0 Å². The van der Waals surface area contributed by atoms with Crippen molar-refractivity contribution in [2.24, 2.45) is 0 Å². The minimum Gasteiger partial charge on any atom is -0.314 e. The molecule has 19 heavy (non-hydrogen) atoms. The van der Waals surface area contributed by atoms with Gasteiger partial charge in [0.15, 0.2) is 0 Å². The zero-order valence-corrected chi connectivity index (χ0v) is 13.7. The summed E-state index contributed by atoms with van der Waals surface area (Å²) < 4.78 is 13.7. The summed E-state index contributed by atoms with van der Waals surface area (Å²) in [6, 6.07) is 6.01. The van der Waals surface area contributed by atoms with Crippen molar-refractivity contribution in [2.45, 2.75) is 12.5 Å². The van der Waals surface area contributed by atoms with E-state index in [4.69, 9.17) is 11.6 Å². The quantitative estimate of drug-likeness (QED) is 0.865. The lowest BCUT2D eigenvalue weighted by Gasteiger charge is -2.35. The van der Waals surface area contributed by atoms with Crippen LogP contribution in [0.5, 0.6) is 0 Å². The van der Waals surface area contributed by atoms with Crippen LogP contribution >= 0.6 is 39.9 Å². The first-order valence-electron chi connectivity index (χ1n) is 6.18. The van der Waals surface area contributed by atoms with Gasteiger partial charge in [0.1, 0.15) is 0 Å². The summed E-state index contributed by atoms with van der Waals surface area (Å²) in [6.45, 7) is 3.57. The Balaban J connectivity index is 0.00000180. The summed E-state index contributed by atoms with van der Waals surface area (Å²) in [4.78, 5) is 2.34. The third kappa shape index (κ3) is 4.57. The molecule has 2 rings (SSSR count). The fourth-order valence-electron chi connectivity index (χ4n) is 2.38. The number of rotatable bonds is 4. The number of alkyl halides is 1. The Morgan fingerprint density at radius 1 is 1.37 bits per heavy atom. The smallest absolute Gasteiger partial charge is 0.0912 e. The van der Waals surface area contributed by atoms with Gasteiger partial charge in [0.2, 0.25) is 0 Å². The maximum atomic E-state index is 12.8. The predicted molar refractivity (Wildman–Crippen MR) is 84.2 cm³/mol. The molecule has 1 fully saturated rings. The van der Waals surface area contributed by atoms with Crippen molar-refractivity contribution in [3.8, 4) is 0 Å². The van der Waals surface area contributed by atoms with Crippen molar-refractivity contribution in [1.29, 1.82) is 0 Å². The molecular formula is C13H18BrCl2FN2. The van der Waals surface area contributed by atoms with Crippen LogP contribution in [-0.4, -0.2) is 37.8 Å². The van der Waals surface area contributed by atoms with E-state index in [0.29, 0.717) is 11.4 Å². The molecule has 1 N–H and O–H groups in total. The van der Waals surface area contributed by atoms with Crippen LogP contribution in [0.15, 0.2) is 22.7 Å². The highest BCUT2D eigenvalue weighted by atomic mass is 79.9. The van der Waals surface area contributed by atoms with Gasteiger partial charge in [-0.25, -0.2) is 0 Å². The molecule has 108 valence electrons. The number of halogens is 4. The van der Waals surface area contributed by atoms with Crippen molar-refractivity contribution in [1.82, 2.24) is 10.2 Å². The lowest BCUT2D eigenvalue weighted by Crippen LogP contribution is -2.45. The maximum absolute atomic E-state index is 12.8. The molecule has 0 spiro atoms. The molecule has 6 heteroatoms. The number of piperazine rings is 1. The summed E-state index contributed by atoms with van der Waals surface area (Å²) >= 11 is 9.44. The van der Waals surface area contributed by atoms with E-state index >= 15 is 0 Å². The highest BCUT2D eigenvalue weighted by molar-refractivity contribution is 9.10. The molecule has 1 heterocycles. The van der Waals surface area contributed by atoms with E-state index in [2.05, 4.69) is 26.1 Å². The standard InChI is InChI=1S/C13H17BrClFN2.ClH/c14-11-9-10(1-2-12(11)15)13(3-4-16)18-7-5-17-6-8-18;/h1-2,9,13,17H,3-8H2;1H/t13-;/m1./s1. The monoisotopic (exact) mass is 370 g/mol. The van der Waals surface area contributed by atoms with Crippen molar-refractivity contribution in [2.75, 3.05) is 32.9 Å². The Morgan fingerprint density at radius 2 is 2.05 bits per heavy atom. The van der Waals surface area contributed by atoms with Crippen LogP contribution in [0.3, 0.4) is 0 Å². The number of hydrogen-bond donors (Lipinski definition) is 1. The van der Waals surface area contributed by atoms with E-state index in [1.165, 1.54) is 0 Å². The number of nitrogens with one attached hydrogen (secondary N) is 1. The first-order valence-corrected chi connectivity index (χ1v) is 7.35. The van der Waals surface area contributed by atoms with Crippen molar-refractivity contribution in [3.05, 3.63) is 33.3 Å². The van der Waals surface area contributed by atoms with Crippen molar-refractivity contribution in [3.63, 3.8) is 0 Å². The van der Waals surface area contributed by atoms with Crippen molar-refractivity contribution < 1.29 is 4.39 Å². The second kappa shape index (κ2) is 8.42. The van der Waals surface area contributed by atoms with E-state index in [-0.39, 0.29) is 25.1 Å². The van der Waals surface area contributed by atoms with Crippen LogP contribution in [0.4, 0.5) is 4.39 Å². The Hall–Kier alpha value is 0.130. The molecule has 0 aromatic heterocycles. The second-order valence-electron chi connectivity index (χ2n) is 4.45. The normalized spacial score (nSPS) is 17.8. The predicted octanol–water partition coefficient (Wildman–Crippen LogP) is 3.83. The minimum atomic E-state index is -0.297. The Kier molecular flexibility index (Phi) is 7.62. The van der Waals surface area contributed by atoms with E-state index in [0.717, 1.165) is 36.2 Å². The number of benzene rings is 1. The molecular weight excluding hydrogens is 354 g/mol. The van der Waals surface area contributed by atoms with Crippen LogP contribution in [0.1, 0.15) is 18.0 Å². The molecule has 0 unspecified atom stereocenters. The molecule has 1 aliphatic rings. The fourth-order valence-corrected chi connectivity index (χ4v) is 2.89. The van der Waals surface area contributed by atoms with E-state index in [1.807, 2.05) is 18.2 Å². The molecule has 1 atom stereocenters. The molecule has 1 saturated heterocycles. The molecule has 1 aliphatic heterocycles. The van der Waals surface area contributed by atoms with Gasteiger partial charge < -0.3 is 5.32 Å². The van der Waals surface area contributed by atoms with Gasteiger partial charge in [0.05, 0.1) is 11.7 Å². The van der Waals surface area contributed by atoms with Gasteiger partial charge in [-0.15, -0.1) is 12.4 Å². The van der Waals surface area contributed by atoms with Crippen LogP contribution < -0.4 is 5.32 Å². The average molecular weight is 372 g/mol. The summed E-state index contributed by atoms with van der Waals surface area (Å²) in [6.07, 6.45) is 0.536. The zero-order chi connectivity index (χ0) is 13.0. The van der Waals surface area contributed by atoms with Crippen LogP contribution in [0.2, 0.25) is 5.02 Å². The van der Waals surface area contributed by atoms with Gasteiger partial charge in [0.25, 0.3) is 0 Å². The lowest BCUT2D eigenvalue weighted by atomic mass is 10.0. The first kappa shape index (κ1) is 17.2. The Labute approximate surface area is 133 Å². The minimum absolute atomic E-state index is 0. The SMILES string of the molecule is Cl.FCC[C@H](c1ccc(Cl)c(Br)c1)N1CCNCC1. The average Bonchev–Trinajstić information content (AvgIpc) is 2.40. The van der Waals surface area contributed by atoms with Crippen LogP contribution in [0.25, 0.3) is 0 Å². The second-order valence-corrected chi connectivity index (χ2v) is 5.71. The highest BCUT2D eigenvalue weighted by Gasteiger charge is 2.22. The Morgan fingerprint density at radius 3 is 2.63 bits per heavy atom. The van der Waals surface area contributed by atoms with Crippen LogP contribution in [-0.2, 0) is 0 Å². The van der Waals surface area contributed by atoms with Gasteiger partial charge in [0, 0.05) is 36.7 Å². The summed E-state index contributed by atoms with van der Waals surface area (Å²) in [5, 5.41) is 4.01. The molecule has 0 aliphatic carbocycles. The first-order chi connectivity index (χ1) is 8.72. The van der Waals surface area contributed by atoms with Gasteiger partial charge in [-0.1, -0.05) is 17.7 Å². The summed E-state index contributed by atoms with van der Waals surface area (Å²) in [5.41, 5.74) is 1.13. The molecule has 1 aromatic rings. The van der Waals surface area contributed by atoms with Gasteiger partial charge in [-0.05, 0) is 40.0 Å². The highest BCUT2D eigenvalue weighted by Crippen LogP contribution is 2.30. The number of hydrogen-bond acceptors (Lipinski definition) is 2. The molecule has 2 nitrogen and oxygen atoms in total. The van der Waals surface area contributed by atoms with Crippen LogP contribution in [0, 0.1) is 0 Å². The summed E-state index contributed by atoms with van der Waals surface area (Å²) in [7, 11) is 0.